The normalized spacial score (nSPS) is 25.0. The number of hydrogen-bond acceptors (Lipinski definition) is 4. The number of piperazine rings is 1. The molecule has 1 aromatic heterocycles. The fraction of sp³-hybridized carbons (Fsp3) is 0.692. The third kappa shape index (κ3) is 3.56. The zero-order valence-corrected chi connectivity index (χ0v) is 10.7. The molecule has 0 radical (unpaired) electrons. The lowest BCUT2D eigenvalue weighted by molar-refractivity contribution is 0.0620. The minimum absolute atomic E-state index is 0.319. The molecule has 2 unspecified atom stereocenters. The molecule has 17 heavy (non-hydrogen) atoms. The van der Waals surface area contributed by atoms with Gasteiger partial charge in [0.15, 0.2) is 0 Å². The predicted molar refractivity (Wildman–Crippen MR) is 67.0 cm³/mol. The van der Waals surface area contributed by atoms with Crippen molar-refractivity contribution in [3.05, 3.63) is 24.2 Å². The molecule has 0 aromatic carbocycles. The van der Waals surface area contributed by atoms with Crippen molar-refractivity contribution in [2.45, 2.75) is 25.0 Å². The highest BCUT2D eigenvalue weighted by molar-refractivity contribution is 5.00. The highest BCUT2D eigenvalue weighted by atomic mass is 16.3. The van der Waals surface area contributed by atoms with E-state index < -0.39 is 0 Å². The van der Waals surface area contributed by atoms with Crippen LogP contribution < -0.4 is 0 Å². The summed E-state index contributed by atoms with van der Waals surface area (Å²) in [6.07, 6.45) is 2.76. The first kappa shape index (κ1) is 12.6. The maximum Gasteiger partial charge on any atom is 0.106 e. The number of aliphatic hydroxyl groups is 1. The minimum atomic E-state index is -0.319. The van der Waals surface area contributed by atoms with Gasteiger partial charge in [-0.3, -0.25) is 0 Å². The Labute approximate surface area is 103 Å². The van der Waals surface area contributed by atoms with Crippen molar-refractivity contribution < 1.29 is 9.52 Å². The molecule has 0 amide bonds. The number of furan rings is 1. The minimum Gasteiger partial charge on any atom is -0.469 e. The van der Waals surface area contributed by atoms with Crippen molar-refractivity contribution in [2.75, 3.05) is 33.7 Å². The average molecular weight is 238 g/mol. The molecule has 2 heterocycles. The van der Waals surface area contributed by atoms with E-state index in [2.05, 4.69) is 23.9 Å². The van der Waals surface area contributed by atoms with Gasteiger partial charge in [0, 0.05) is 32.1 Å². The Morgan fingerprint density at radius 2 is 2.29 bits per heavy atom. The zero-order valence-electron chi connectivity index (χ0n) is 10.7. The molecule has 1 aliphatic rings. The first-order valence-electron chi connectivity index (χ1n) is 6.24. The number of rotatable bonds is 4. The molecule has 1 saturated heterocycles. The van der Waals surface area contributed by atoms with E-state index >= 15 is 0 Å². The predicted octanol–water partition coefficient (Wildman–Crippen LogP) is 0.819. The summed E-state index contributed by atoms with van der Waals surface area (Å²) >= 11 is 0. The Bertz CT molecular complexity index is 326. The van der Waals surface area contributed by atoms with Crippen molar-refractivity contribution in [1.29, 1.82) is 0 Å². The molecule has 2 atom stereocenters. The molecule has 1 N–H and O–H groups in total. The maximum atomic E-state index is 10.1. The molecule has 96 valence electrons. The zero-order chi connectivity index (χ0) is 12.3. The van der Waals surface area contributed by atoms with Crippen molar-refractivity contribution in [3.63, 3.8) is 0 Å². The van der Waals surface area contributed by atoms with Crippen LogP contribution in [0.3, 0.4) is 0 Å². The van der Waals surface area contributed by atoms with Crippen LogP contribution in [0.15, 0.2) is 22.8 Å². The van der Waals surface area contributed by atoms with Gasteiger partial charge in [0.25, 0.3) is 0 Å². The molecule has 2 rings (SSSR count). The molecule has 0 aliphatic carbocycles. The summed E-state index contributed by atoms with van der Waals surface area (Å²) in [5.41, 5.74) is 0. The SMILES string of the molecule is CN1CCN(C)C(CC(O)Cc2ccco2)C1. The van der Waals surface area contributed by atoms with Crippen LogP contribution in [-0.2, 0) is 6.42 Å². The van der Waals surface area contributed by atoms with E-state index in [0.29, 0.717) is 12.5 Å². The second-order valence-corrected chi connectivity index (χ2v) is 5.07. The third-order valence-electron chi connectivity index (χ3n) is 3.54. The number of hydrogen-bond donors (Lipinski definition) is 1. The Hall–Kier alpha value is -0.840. The highest BCUT2D eigenvalue weighted by Crippen LogP contribution is 2.14. The van der Waals surface area contributed by atoms with Gasteiger partial charge in [-0.25, -0.2) is 0 Å². The number of likely N-dealkylation sites (N-methyl/N-ethyl adjacent to an activating group) is 2. The second-order valence-electron chi connectivity index (χ2n) is 5.07. The van der Waals surface area contributed by atoms with E-state index in [1.165, 1.54) is 0 Å². The molecule has 1 aromatic rings. The van der Waals surface area contributed by atoms with Gasteiger partial charge in [-0.05, 0) is 32.6 Å². The summed E-state index contributed by atoms with van der Waals surface area (Å²) in [5, 5.41) is 10.1. The number of nitrogens with zero attached hydrogens (tertiary/aromatic N) is 2. The van der Waals surface area contributed by atoms with E-state index in [1.54, 1.807) is 6.26 Å². The Balaban J connectivity index is 1.82. The summed E-state index contributed by atoms with van der Waals surface area (Å²) in [7, 11) is 4.27. The molecule has 1 aliphatic heterocycles. The maximum absolute atomic E-state index is 10.1. The first-order valence-corrected chi connectivity index (χ1v) is 6.24. The quantitative estimate of drug-likeness (QED) is 0.843. The lowest BCUT2D eigenvalue weighted by Crippen LogP contribution is -2.51. The van der Waals surface area contributed by atoms with Gasteiger partial charge in [0.2, 0.25) is 0 Å². The van der Waals surface area contributed by atoms with E-state index in [0.717, 1.165) is 31.8 Å². The van der Waals surface area contributed by atoms with Crippen LogP contribution in [0.2, 0.25) is 0 Å². The van der Waals surface area contributed by atoms with Crippen LogP contribution in [0, 0.1) is 0 Å². The van der Waals surface area contributed by atoms with E-state index in [-0.39, 0.29) is 6.10 Å². The van der Waals surface area contributed by atoms with Crippen LogP contribution in [-0.4, -0.2) is 60.8 Å². The van der Waals surface area contributed by atoms with Crippen LogP contribution >= 0.6 is 0 Å². The van der Waals surface area contributed by atoms with E-state index in [4.69, 9.17) is 4.42 Å². The molecule has 4 heteroatoms. The van der Waals surface area contributed by atoms with Gasteiger partial charge >= 0.3 is 0 Å². The molecule has 1 fully saturated rings. The Morgan fingerprint density at radius 1 is 1.47 bits per heavy atom. The summed E-state index contributed by atoms with van der Waals surface area (Å²) in [6, 6.07) is 4.22. The third-order valence-corrected chi connectivity index (χ3v) is 3.54. The standard InChI is InChI=1S/C13H22N2O2/c1-14-5-6-15(2)11(10-14)8-12(16)9-13-4-3-7-17-13/h3-4,7,11-12,16H,5-6,8-10H2,1-2H3. The van der Waals surface area contributed by atoms with Gasteiger partial charge in [-0.15, -0.1) is 0 Å². The molecule has 0 bridgehead atoms. The van der Waals surface area contributed by atoms with Gasteiger partial charge in [0.05, 0.1) is 12.4 Å². The van der Waals surface area contributed by atoms with Crippen LogP contribution in [0.25, 0.3) is 0 Å². The molecule has 0 spiro atoms. The number of aliphatic hydroxyl groups excluding tert-OH is 1. The summed E-state index contributed by atoms with van der Waals surface area (Å²) in [5.74, 6) is 0.865. The van der Waals surface area contributed by atoms with Gasteiger partial charge in [-0.2, -0.15) is 0 Å². The van der Waals surface area contributed by atoms with E-state index in [9.17, 15) is 5.11 Å². The van der Waals surface area contributed by atoms with Crippen molar-refractivity contribution in [2.24, 2.45) is 0 Å². The van der Waals surface area contributed by atoms with Crippen molar-refractivity contribution >= 4 is 0 Å². The second kappa shape index (κ2) is 5.67. The van der Waals surface area contributed by atoms with Crippen LogP contribution in [0.4, 0.5) is 0 Å². The lowest BCUT2D eigenvalue weighted by Gasteiger charge is -2.38. The monoisotopic (exact) mass is 238 g/mol. The van der Waals surface area contributed by atoms with Crippen LogP contribution in [0.1, 0.15) is 12.2 Å². The Kier molecular flexibility index (Phi) is 4.20. The summed E-state index contributed by atoms with van der Waals surface area (Å²) < 4.78 is 5.26. The molecule has 0 saturated carbocycles. The molecule has 4 nitrogen and oxygen atoms in total. The van der Waals surface area contributed by atoms with Crippen molar-refractivity contribution in [3.8, 4) is 0 Å². The fourth-order valence-electron chi connectivity index (χ4n) is 2.41. The van der Waals surface area contributed by atoms with Crippen molar-refractivity contribution in [1.82, 2.24) is 9.80 Å². The molecular weight excluding hydrogens is 216 g/mol. The Morgan fingerprint density at radius 3 is 3.00 bits per heavy atom. The fourth-order valence-corrected chi connectivity index (χ4v) is 2.41. The van der Waals surface area contributed by atoms with Crippen LogP contribution in [0.5, 0.6) is 0 Å². The molecular formula is C13H22N2O2. The largest absolute Gasteiger partial charge is 0.469 e. The summed E-state index contributed by atoms with van der Waals surface area (Å²) in [4.78, 5) is 4.66. The van der Waals surface area contributed by atoms with E-state index in [1.807, 2.05) is 12.1 Å². The van der Waals surface area contributed by atoms with Gasteiger partial charge in [-0.1, -0.05) is 0 Å². The van der Waals surface area contributed by atoms with Gasteiger partial charge < -0.3 is 19.3 Å². The summed E-state index contributed by atoms with van der Waals surface area (Å²) in [6.45, 7) is 3.22. The first-order chi connectivity index (χ1) is 8.15. The van der Waals surface area contributed by atoms with Gasteiger partial charge in [0.1, 0.15) is 5.76 Å². The lowest BCUT2D eigenvalue weighted by atomic mass is 10.0. The average Bonchev–Trinajstić information content (AvgIpc) is 2.76. The topological polar surface area (TPSA) is 39.9 Å². The smallest absolute Gasteiger partial charge is 0.106 e. The highest BCUT2D eigenvalue weighted by Gasteiger charge is 2.24.